The summed E-state index contributed by atoms with van der Waals surface area (Å²) >= 11 is -0.312. The molecule has 0 heterocycles. The second kappa shape index (κ2) is 6.98. The second-order valence-electron chi connectivity index (χ2n) is 2.77. The monoisotopic (exact) mass is 335 g/mol. The summed E-state index contributed by atoms with van der Waals surface area (Å²) in [4.78, 5) is 0. The number of allylic oxidation sites excluding steroid dienone is 8. The van der Waals surface area contributed by atoms with Gasteiger partial charge in [0.05, 0.1) is 0 Å². The molecule has 13 heavy (non-hydrogen) atoms. The van der Waals surface area contributed by atoms with Crippen LogP contribution in [0.15, 0.2) is 43.0 Å². The van der Waals surface area contributed by atoms with Gasteiger partial charge in [-0.25, -0.2) is 0 Å². The average Bonchev–Trinajstić information content (AvgIpc) is 2.60. The van der Waals surface area contributed by atoms with Gasteiger partial charge in [0.25, 0.3) is 0 Å². The minimum atomic E-state index is -0.312. The quantitative estimate of drug-likeness (QED) is 0.674. The van der Waals surface area contributed by atoms with Crippen LogP contribution in [0.1, 0.15) is 12.8 Å². The molecule has 0 spiro atoms. The van der Waals surface area contributed by atoms with Crippen LogP contribution < -0.4 is 17.0 Å². The first-order valence-corrected chi connectivity index (χ1v) is 6.39. The Hall–Kier alpha value is 0.613. The molecule has 2 aliphatic carbocycles. The van der Waals surface area contributed by atoms with Gasteiger partial charge in [-0.1, -0.05) is 0 Å². The number of halogens is 2. The molecule has 2 aliphatic rings. The third-order valence-electron chi connectivity index (χ3n) is 1.86. The molecule has 0 saturated carbocycles. The van der Waals surface area contributed by atoms with Gasteiger partial charge in [0.15, 0.2) is 0 Å². The molecule has 69 valence electrons. The van der Waals surface area contributed by atoms with Crippen molar-refractivity contribution in [3.05, 3.63) is 43.0 Å². The van der Waals surface area contributed by atoms with Crippen molar-refractivity contribution in [2.24, 2.45) is 0 Å². The third kappa shape index (κ3) is 4.10. The Bertz CT molecular complexity index is 249. The smallest absolute Gasteiger partial charge is 0.147 e. The van der Waals surface area contributed by atoms with Crippen molar-refractivity contribution >= 4 is 12.4 Å². The number of rotatable bonds is 2. The molecule has 0 N–H and O–H groups in total. The molecule has 2 rings (SSSR count). The van der Waals surface area contributed by atoms with Crippen LogP contribution in [-0.4, -0.2) is 0 Å². The maximum absolute atomic E-state index is 2.31. The van der Waals surface area contributed by atoms with E-state index in [4.69, 9.17) is 0 Å². The first kappa shape index (κ1) is 13.6. The molecule has 0 radical (unpaired) electrons. The van der Waals surface area contributed by atoms with E-state index in [9.17, 15) is 0 Å². The topological polar surface area (TPSA) is 0 Å². The molecule has 0 amide bonds. The van der Waals surface area contributed by atoms with Gasteiger partial charge < -0.3 is 17.0 Å². The van der Waals surface area contributed by atoms with Gasteiger partial charge in [0.1, 0.15) is 0 Å². The Balaban J connectivity index is 0.000000720. The Morgan fingerprint density at radius 2 is 1.38 bits per heavy atom. The van der Waals surface area contributed by atoms with Crippen LogP contribution in [0.4, 0.5) is 0 Å². The van der Waals surface area contributed by atoms with Gasteiger partial charge >= 0.3 is 79.1 Å². The summed E-state index contributed by atoms with van der Waals surface area (Å²) in [6.07, 6.45) is 16.0. The van der Waals surface area contributed by atoms with Crippen molar-refractivity contribution in [1.82, 2.24) is 0 Å². The van der Waals surface area contributed by atoms with E-state index in [-0.39, 0.29) is 52.6 Å². The Morgan fingerprint density at radius 1 is 0.923 bits per heavy atom. The van der Waals surface area contributed by atoms with Crippen molar-refractivity contribution < 1.29 is 40.2 Å². The average molecular weight is 338 g/mol. The molecule has 0 saturated heterocycles. The molecule has 0 aromatic heterocycles. The van der Waals surface area contributed by atoms with Gasteiger partial charge in [0.2, 0.25) is 0 Å². The predicted octanol–water partition coefficient (Wildman–Crippen LogP) is 0.182. The van der Waals surface area contributed by atoms with E-state index in [1.54, 1.807) is 6.56 Å². The summed E-state index contributed by atoms with van der Waals surface area (Å²) < 4.78 is 3.45. The minimum Gasteiger partial charge on any atom is -1.00 e. The zero-order valence-corrected chi connectivity index (χ0v) is 12.0. The minimum absolute atomic E-state index is 0. The second-order valence-corrected chi connectivity index (χ2v) is 6.55. The van der Waals surface area contributed by atoms with Crippen LogP contribution in [-0.2, 0) is 23.2 Å². The maximum atomic E-state index is 2.31. The molecule has 0 fully saturated rings. The van der Waals surface area contributed by atoms with E-state index in [0.29, 0.717) is 0 Å². The summed E-state index contributed by atoms with van der Waals surface area (Å²) in [5.74, 6) is 0. The van der Waals surface area contributed by atoms with E-state index in [1.165, 1.54) is 12.8 Å². The van der Waals surface area contributed by atoms with E-state index >= 15 is 0 Å². The molecule has 0 unspecified atom stereocenters. The molecule has 0 atom stereocenters. The van der Waals surface area contributed by atoms with Crippen LogP contribution in [0.3, 0.4) is 0 Å². The molecule has 3 heteroatoms. The number of hydrogen-bond acceptors (Lipinski definition) is 0. The molecule has 0 bridgehead atoms. The zero-order valence-electron chi connectivity index (χ0n) is 7.16. The molecular formula is C10H11BrClZr. The van der Waals surface area contributed by atoms with Crippen molar-refractivity contribution in [2.75, 3.05) is 0 Å². The maximum Gasteiger partial charge on any atom is -0.147 e. The zero-order chi connectivity index (χ0) is 7.52. The largest absolute Gasteiger partial charge is 1.00 e. The fourth-order valence-corrected chi connectivity index (χ4v) is 4.26. The summed E-state index contributed by atoms with van der Waals surface area (Å²) in [6.45, 7) is 0. The van der Waals surface area contributed by atoms with Crippen molar-refractivity contribution in [3.63, 3.8) is 0 Å². The summed E-state index contributed by atoms with van der Waals surface area (Å²) in [5, 5.41) is 0. The normalized spacial score (nSPS) is 16.9. The van der Waals surface area contributed by atoms with Gasteiger partial charge in [-0.05, 0) is 0 Å². The fraction of sp³-hybridized carbons (Fsp3) is 0.200. The Kier molecular flexibility index (Phi) is 7.31. The van der Waals surface area contributed by atoms with Gasteiger partial charge in [0, 0.05) is 0 Å². The molecule has 0 aromatic rings. The first-order chi connectivity index (χ1) is 5.45. The van der Waals surface area contributed by atoms with Crippen LogP contribution in [0, 0.1) is 0 Å². The van der Waals surface area contributed by atoms with Crippen LogP contribution >= 0.6 is 12.4 Å². The van der Waals surface area contributed by atoms with E-state index in [0.717, 1.165) is 0 Å². The molecule has 0 aromatic carbocycles. The van der Waals surface area contributed by atoms with Crippen molar-refractivity contribution in [3.8, 4) is 0 Å². The molecule has 0 aliphatic heterocycles. The molecule has 0 nitrogen and oxygen atoms in total. The van der Waals surface area contributed by atoms with E-state index in [1.807, 2.05) is 0 Å². The Labute approximate surface area is 108 Å². The van der Waals surface area contributed by atoms with Crippen molar-refractivity contribution in [1.29, 1.82) is 0 Å². The van der Waals surface area contributed by atoms with Crippen LogP contribution in [0.25, 0.3) is 0 Å². The molecular weight excluding hydrogens is 327 g/mol. The summed E-state index contributed by atoms with van der Waals surface area (Å²) in [7, 11) is 0. The van der Waals surface area contributed by atoms with Crippen LogP contribution in [0.2, 0.25) is 0 Å². The predicted molar refractivity (Wildman–Crippen MR) is 50.9 cm³/mol. The first-order valence-electron chi connectivity index (χ1n) is 3.93. The van der Waals surface area contributed by atoms with Gasteiger partial charge in [-0.3, -0.25) is 0 Å². The van der Waals surface area contributed by atoms with E-state index in [2.05, 4.69) is 36.5 Å². The SMILES string of the molecule is C1=CC[C]([Zr+][C]2=CC=CC2)=C1.Cl.[Br-]. The van der Waals surface area contributed by atoms with Crippen LogP contribution in [0.5, 0.6) is 0 Å². The van der Waals surface area contributed by atoms with E-state index < -0.39 is 0 Å². The Morgan fingerprint density at radius 3 is 1.69 bits per heavy atom. The fourth-order valence-electron chi connectivity index (χ4n) is 1.29. The van der Waals surface area contributed by atoms with Gasteiger partial charge in [-0.2, -0.15) is 0 Å². The summed E-state index contributed by atoms with van der Waals surface area (Å²) in [5.41, 5.74) is 0. The number of hydrogen-bond donors (Lipinski definition) is 0. The summed E-state index contributed by atoms with van der Waals surface area (Å²) in [6, 6.07) is 0. The van der Waals surface area contributed by atoms with Crippen molar-refractivity contribution in [2.45, 2.75) is 12.8 Å². The van der Waals surface area contributed by atoms with Gasteiger partial charge in [-0.15, -0.1) is 12.4 Å². The third-order valence-corrected chi connectivity index (χ3v) is 5.27. The standard InChI is InChI=1S/2C5H5.BrH.ClH.Zr/c2*1-2-4-5-3-1;;;/h2*1-3H,4H2;2*1H;/q;;;;+1/p-1.